The van der Waals surface area contributed by atoms with Gasteiger partial charge in [-0.3, -0.25) is 5.01 Å². The highest BCUT2D eigenvalue weighted by Gasteiger charge is 2.24. The number of rotatable bonds is 2. The summed E-state index contributed by atoms with van der Waals surface area (Å²) in [5, 5.41) is 8.48. The molecule has 1 aromatic heterocycles. The molecule has 0 saturated carbocycles. The van der Waals surface area contributed by atoms with Crippen LogP contribution in [0.3, 0.4) is 0 Å². The molecule has 70 valence electrons. The maximum atomic E-state index is 5.56. The third-order valence-electron chi connectivity index (χ3n) is 2.29. The van der Waals surface area contributed by atoms with Crippen LogP contribution in [0.5, 0.6) is 0 Å². The summed E-state index contributed by atoms with van der Waals surface area (Å²) in [6.45, 7) is 0.576. The lowest BCUT2D eigenvalue weighted by Crippen LogP contribution is -2.13. The molecular formula is C9H13N3S. The topological polar surface area (TPSA) is 41.6 Å². The van der Waals surface area contributed by atoms with Crippen LogP contribution in [-0.4, -0.2) is 24.3 Å². The molecule has 1 atom stereocenters. The zero-order valence-electron chi connectivity index (χ0n) is 7.60. The molecule has 3 nitrogen and oxygen atoms in total. The Morgan fingerprint density at radius 1 is 1.77 bits per heavy atom. The molecule has 4 heteroatoms. The first kappa shape index (κ1) is 8.72. The molecule has 13 heavy (non-hydrogen) atoms. The van der Waals surface area contributed by atoms with Crippen LogP contribution >= 0.6 is 11.3 Å². The number of hydrogen-bond acceptors (Lipinski definition) is 4. The van der Waals surface area contributed by atoms with E-state index < -0.39 is 0 Å². The third kappa shape index (κ3) is 1.59. The minimum Gasteiger partial charge on any atom is -0.325 e. The second-order valence-corrected chi connectivity index (χ2v) is 4.16. The minimum atomic E-state index is 0.415. The third-order valence-corrected chi connectivity index (χ3v) is 3.26. The standard InChI is InChI=1S/C9H13N3S/c1-12-8(5-7(6-10)11-12)9-3-2-4-13-9/h2-4,8H,5-6,10H2,1H3. The van der Waals surface area contributed by atoms with Gasteiger partial charge in [-0.2, -0.15) is 5.10 Å². The van der Waals surface area contributed by atoms with Crippen molar-refractivity contribution in [2.24, 2.45) is 10.8 Å². The summed E-state index contributed by atoms with van der Waals surface area (Å²) >= 11 is 1.78. The number of hydrazone groups is 1. The molecule has 2 heterocycles. The zero-order chi connectivity index (χ0) is 9.26. The van der Waals surface area contributed by atoms with E-state index in [1.807, 2.05) is 12.1 Å². The van der Waals surface area contributed by atoms with Crippen molar-refractivity contribution < 1.29 is 0 Å². The van der Waals surface area contributed by atoms with Crippen molar-refractivity contribution in [1.82, 2.24) is 5.01 Å². The summed E-state index contributed by atoms with van der Waals surface area (Å²) in [7, 11) is 2.01. The van der Waals surface area contributed by atoms with Crippen LogP contribution in [0.2, 0.25) is 0 Å². The van der Waals surface area contributed by atoms with Crippen molar-refractivity contribution in [3.63, 3.8) is 0 Å². The van der Waals surface area contributed by atoms with Crippen LogP contribution in [0, 0.1) is 0 Å². The number of hydrogen-bond donors (Lipinski definition) is 1. The summed E-state index contributed by atoms with van der Waals surface area (Å²) in [6, 6.07) is 4.65. The zero-order valence-corrected chi connectivity index (χ0v) is 8.42. The minimum absolute atomic E-state index is 0.415. The molecule has 0 spiro atoms. The molecule has 1 unspecified atom stereocenters. The summed E-state index contributed by atoms with van der Waals surface area (Å²) in [4.78, 5) is 1.37. The predicted molar refractivity (Wildman–Crippen MR) is 55.9 cm³/mol. The van der Waals surface area contributed by atoms with E-state index in [4.69, 9.17) is 5.73 Å². The van der Waals surface area contributed by atoms with Crippen LogP contribution in [0.4, 0.5) is 0 Å². The average Bonchev–Trinajstić information content (AvgIpc) is 2.72. The highest BCUT2D eigenvalue weighted by Crippen LogP contribution is 2.31. The van der Waals surface area contributed by atoms with Gasteiger partial charge in [-0.15, -0.1) is 11.3 Å². The molecule has 0 radical (unpaired) electrons. The second-order valence-electron chi connectivity index (χ2n) is 3.18. The van der Waals surface area contributed by atoms with E-state index in [0.29, 0.717) is 12.6 Å². The van der Waals surface area contributed by atoms with Gasteiger partial charge in [-0.05, 0) is 11.4 Å². The summed E-state index contributed by atoms with van der Waals surface area (Å²) in [5.74, 6) is 0. The van der Waals surface area contributed by atoms with E-state index in [-0.39, 0.29) is 0 Å². The lowest BCUT2D eigenvalue weighted by Gasteiger charge is -2.16. The molecule has 0 fully saturated rings. The molecule has 0 amide bonds. The van der Waals surface area contributed by atoms with Gasteiger partial charge >= 0.3 is 0 Å². The van der Waals surface area contributed by atoms with Gasteiger partial charge in [0.25, 0.3) is 0 Å². The summed E-state index contributed by atoms with van der Waals surface area (Å²) in [5.41, 5.74) is 6.66. The Bertz CT molecular complexity index is 305. The van der Waals surface area contributed by atoms with Crippen molar-refractivity contribution in [3.8, 4) is 0 Å². The van der Waals surface area contributed by atoms with Crippen molar-refractivity contribution >= 4 is 17.0 Å². The van der Waals surface area contributed by atoms with Gasteiger partial charge in [0.05, 0.1) is 11.8 Å². The van der Waals surface area contributed by atoms with E-state index in [9.17, 15) is 0 Å². The Morgan fingerprint density at radius 3 is 3.15 bits per heavy atom. The molecule has 2 N–H and O–H groups in total. The molecule has 1 aliphatic heterocycles. The Morgan fingerprint density at radius 2 is 2.62 bits per heavy atom. The first-order valence-corrected chi connectivity index (χ1v) is 5.22. The van der Waals surface area contributed by atoms with Crippen molar-refractivity contribution in [1.29, 1.82) is 0 Å². The van der Waals surface area contributed by atoms with Crippen LogP contribution in [-0.2, 0) is 0 Å². The van der Waals surface area contributed by atoms with E-state index in [1.165, 1.54) is 4.88 Å². The van der Waals surface area contributed by atoms with E-state index >= 15 is 0 Å². The smallest absolute Gasteiger partial charge is 0.0862 e. The van der Waals surface area contributed by atoms with Gasteiger partial charge in [-0.25, -0.2) is 0 Å². The quantitative estimate of drug-likeness (QED) is 0.776. The normalized spacial score (nSPS) is 22.2. The lowest BCUT2D eigenvalue weighted by molar-refractivity contribution is 0.294. The first-order valence-electron chi connectivity index (χ1n) is 4.34. The van der Waals surface area contributed by atoms with Gasteiger partial charge < -0.3 is 5.73 Å². The summed E-state index contributed by atoms with van der Waals surface area (Å²) in [6.07, 6.45) is 0.980. The molecule has 1 aromatic rings. The van der Waals surface area contributed by atoms with Gasteiger partial charge in [0.1, 0.15) is 0 Å². The van der Waals surface area contributed by atoms with Crippen LogP contribution in [0.15, 0.2) is 22.6 Å². The Hall–Kier alpha value is -0.870. The van der Waals surface area contributed by atoms with Crippen LogP contribution < -0.4 is 5.73 Å². The highest BCUT2D eigenvalue weighted by molar-refractivity contribution is 7.10. The van der Waals surface area contributed by atoms with E-state index in [2.05, 4.69) is 22.6 Å². The van der Waals surface area contributed by atoms with Gasteiger partial charge in [0.2, 0.25) is 0 Å². The van der Waals surface area contributed by atoms with E-state index in [0.717, 1.165) is 12.1 Å². The lowest BCUT2D eigenvalue weighted by atomic mass is 10.1. The van der Waals surface area contributed by atoms with Crippen molar-refractivity contribution in [2.75, 3.05) is 13.6 Å². The number of thiophene rings is 1. The Labute approximate surface area is 81.9 Å². The van der Waals surface area contributed by atoms with E-state index in [1.54, 1.807) is 11.3 Å². The number of nitrogens with two attached hydrogens (primary N) is 1. The molecule has 0 saturated heterocycles. The fourth-order valence-electron chi connectivity index (χ4n) is 1.58. The monoisotopic (exact) mass is 195 g/mol. The average molecular weight is 195 g/mol. The SMILES string of the molecule is CN1N=C(CN)CC1c1cccs1. The molecular weight excluding hydrogens is 182 g/mol. The van der Waals surface area contributed by atoms with Crippen molar-refractivity contribution in [3.05, 3.63) is 22.4 Å². The predicted octanol–water partition coefficient (Wildman–Crippen LogP) is 1.44. The molecule has 1 aliphatic rings. The fourth-order valence-corrected chi connectivity index (χ4v) is 2.44. The van der Waals surface area contributed by atoms with Crippen LogP contribution in [0.1, 0.15) is 17.3 Å². The number of nitrogens with zero attached hydrogens (tertiary/aromatic N) is 2. The Balaban J connectivity index is 2.14. The van der Waals surface area contributed by atoms with Crippen LogP contribution in [0.25, 0.3) is 0 Å². The van der Waals surface area contributed by atoms with Gasteiger partial charge in [-0.1, -0.05) is 6.07 Å². The Kier molecular flexibility index (Phi) is 2.33. The molecule has 0 aliphatic carbocycles. The summed E-state index contributed by atoms with van der Waals surface area (Å²) < 4.78 is 0. The molecule has 0 bridgehead atoms. The maximum absolute atomic E-state index is 5.56. The maximum Gasteiger partial charge on any atom is 0.0862 e. The second kappa shape index (κ2) is 3.47. The fraction of sp³-hybridized carbons (Fsp3) is 0.444. The molecule has 2 rings (SSSR count). The van der Waals surface area contributed by atoms with Crippen molar-refractivity contribution in [2.45, 2.75) is 12.5 Å². The van der Waals surface area contributed by atoms with Gasteiger partial charge in [0.15, 0.2) is 0 Å². The first-order chi connectivity index (χ1) is 6.31. The van der Waals surface area contributed by atoms with Gasteiger partial charge in [0, 0.05) is 24.9 Å². The molecule has 0 aromatic carbocycles. The highest BCUT2D eigenvalue weighted by atomic mass is 32.1. The largest absolute Gasteiger partial charge is 0.325 e.